The summed E-state index contributed by atoms with van der Waals surface area (Å²) in [5, 5.41) is 4.97. The highest BCUT2D eigenvalue weighted by molar-refractivity contribution is 6.38. The maximum absolute atomic E-state index is 6.27. The lowest BCUT2D eigenvalue weighted by Crippen LogP contribution is -1.99. The highest BCUT2D eigenvalue weighted by Crippen LogP contribution is 2.32. The Morgan fingerprint density at radius 1 is 1.00 bits per heavy atom. The lowest BCUT2D eigenvalue weighted by Gasteiger charge is -2.10. The molecule has 106 valence electrons. The molecule has 0 radical (unpaired) electrons. The summed E-state index contributed by atoms with van der Waals surface area (Å²) >= 11 is 12.3. The van der Waals surface area contributed by atoms with Crippen LogP contribution >= 0.6 is 23.2 Å². The molecule has 21 heavy (non-hydrogen) atoms. The Bertz CT molecular complexity index is 814. The van der Waals surface area contributed by atoms with E-state index in [4.69, 9.17) is 23.2 Å². The average Bonchev–Trinajstić information content (AvgIpc) is 2.47. The molecule has 2 aromatic carbocycles. The second kappa shape index (κ2) is 5.51. The molecule has 0 aliphatic heterocycles. The summed E-state index contributed by atoms with van der Waals surface area (Å²) in [4.78, 5) is 9.14. The average molecular weight is 318 g/mol. The Kier molecular flexibility index (Phi) is 3.70. The smallest absolute Gasteiger partial charge is 0.162 e. The van der Waals surface area contributed by atoms with Crippen molar-refractivity contribution in [1.82, 2.24) is 9.97 Å². The van der Waals surface area contributed by atoms with Gasteiger partial charge in [-0.2, -0.15) is 0 Å². The fourth-order valence-electron chi connectivity index (χ4n) is 2.18. The molecular formula is C16H13Cl2N3. The summed E-state index contributed by atoms with van der Waals surface area (Å²) in [5.74, 6) is 1.34. The van der Waals surface area contributed by atoms with Gasteiger partial charge in [-0.15, -0.1) is 0 Å². The molecule has 0 unspecified atom stereocenters. The molecule has 1 aromatic heterocycles. The van der Waals surface area contributed by atoms with Crippen LogP contribution in [-0.2, 0) is 0 Å². The molecule has 1 heterocycles. The van der Waals surface area contributed by atoms with Crippen molar-refractivity contribution in [2.45, 2.75) is 6.92 Å². The highest BCUT2D eigenvalue weighted by Gasteiger charge is 2.12. The second-order valence-corrected chi connectivity index (χ2v) is 5.64. The van der Waals surface area contributed by atoms with Crippen LogP contribution in [0.25, 0.3) is 22.3 Å². The topological polar surface area (TPSA) is 37.8 Å². The summed E-state index contributed by atoms with van der Waals surface area (Å²) in [5.41, 5.74) is 2.83. The molecule has 1 N–H and O–H groups in total. The van der Waals surface area contributed by atoms with E-state index >= 15 is 0 Å². The van der Waals surface area contributed by atoms with E-state index < -0.39 is 0 Å². The number of aryl methyl sites for hydroxylation is 1. The fourth-order valence-corrected chi connectivity index (χ4v) is 2.72. The molecule has 0 spiro atoms. The Morgan fingerprint density at radius 2 is 1.71 bits per heavy atom. The molecule has 0 aliphatic carbocycles. The largest absolute Gasteiger partial charge is 0.373 e. The van der Waals surface area contributed by atoms with Gasteiger partial charge < -0.3 is 5.32 Å². The van der Waals surface area contributed by atoms with Crippen LogP contribution in [-0.4, -0.2) is 17.0 Å². The van der Waals surface area contributed by atoms with Crippen LogP contribution in [0.5, 0.6) is 0 Å². The van der Waals surface area contributed by atoms with Gasteiger partial charge >= 0.3 is 0 Å². The van der Waals surface area contributed by atoms with E-state index in [9.17, 15) is 0 Å². The van der Waals surface area contributed by atoms with Crippen molar-refractivity contribution in [2.75, 3.05) is 12.4 Å². The minimum absolute atomic E-state index is 0.518. The summed E-state index contributed by atoms with van der Waals surface area (Å²) in [6.07, 6.45) is 0. The van der Waals surface area contributed by atoms with Gasteiger partial charge in [-0.05, 0) is 19.1 Å². The van der Waals surface area contributed by atoms with Gasteiger partial charge in [-0.25, -0.2) is 9.97 Å². The van der Waals surface area contributed by atoms with E-state index in [0.29, 0.717) is 27.2 Å². The van der Waals surface area contributed by atoms with Gasteiger partial charge in [0.25, 0.3) is 0 Å². The van der Waals surface area contributed by atoms with Crippen LogP contribution in [0.4, 0.5) is 5.82 Å². The van der Waals surface area contributed by atoms with E-state index in [1.54, 1.807) is 6.07 Å². The van der Waals surface area contributed by atoms with Crippen LogP contribution in [0.2, 0.25) is 10.0 Å². The molecule has 0 bridgehead atoms. The van der Waals surface area contributed by atoms with Gasteiger partial charge in [0.15, 0.2) is 5.82 Å². The Labute approximate surface area is 132 Å². The lowest BCUT2D eigenvalue weighted by atomic mass is 10.1. The number of anilines is 1. The number of hydrogen-bond donors (Lipinski definition) is 1. The van der Waals surface area contributed by atoms with Crippen molar-refractivity contribution in [2.24, 2.45) is 0 Å². The van der Waals surface area contributed by atoms with E-state index in [0.717, 1.165) is 10.9 Å². The monoisotopic (exact) mass is 317 g/mol. The number of fused-ring (bicyclic) bond motifs is 1. The maximum Gasteiger partial charge on any atom is 0.162 e. The van der Waals surface area contributed by atoms with Gasteiger partial charge in [0.1, 0.15) is 5.82 Å². The van der Waals surface area contributed by atoms with Crippen molar-refractivity contribution in [3.05, 3.63) is 52.0 Å². The van der Waals surface area contributed by atoms with E-state index in [2.05, 4.69) is 15.3 Å². The van der Waals surface area contributed by atoms with E-state index in [-0.39, 0.29) is 0 Å². The van der Waals surface area contributed by atoms with Gasteiger partial charge in [0, 0.05) is 23.0 Å². The number of aromatic nitrogens is 2. The van der Waals surface area contributed by atoms with Crippen LogP contribution < -0.4 is 5.32 Å². The number of benzene rings is 2. The molecule has 0 fully saturated rings. The first-order valence-electron chi connectivity index (χ1n) is 6.50. The predicted octanol–water partition coefficient (Wildman–Crippen LogP) is 4.95. The minimum atomic E-state index is 0.518. The number of halogens is 2. The van der Waals surface area contributed by atoms with E-state index in [1.807, 2.05) is 44.3 Å². The first kappa shape index (κ1) is 14.1. The third-order valence-electron chi connectivity index (χ3n) is 3.27. The number of rotatable bonds is 2. The number of nitrogens with zero attached hydrogens (tertiary/aromatic N) is 2. The normalized spacial score (nSPS) is 10.9. The van der Waals surface area contributed by atoms with Gasteiger partial charge in [-0.1, -0.05) is 53.0 Å². The minimum Gasteiger partial charge on any atom is -0.373 e. The van der Waals surface area contributed by atoms with Crippen molar-refractivity contribution < 1.29 is 0 Å². The zero-order valence-electron chi connectivity index (χ0n) is 11.6. The molecule has 5 heteroatoms. The molecule has 0 aliphatic rings. The van der Waals surface area contributed by atoms with Gasteiger partial charge in [0.2, 0.25) is 0 Å². The standard InChI is InChI=1S/C16H13Cl2N3/c1-9-3-5-10(6-4-9)15-20-14-12(16(19-2)21-15)7-11(17)8-13(14)18/h3-8H,1-2H3,(H,19,20,21). The van der Waals surface area contributed by atoms with Gasteiger partial charge in [0.05, 0.1) is 10.5 Å². The van der Waals surface area contributed by atoms with Gasteiger partial charge in [-0.3, -0.25) is 0 Å². The first-order chi connectivity index (χ1) is 10.1. The quantitative estimate of drug-likeness (QED) is 0.726. The predicted molar refractivity (Wildman–Crippen MR) is 89.3 cm³/mol. The summed E-state index contributed by atoms with van der Waals surface area (Å²) < 4.78 is 0. The molecular weight excluding hydrogens is 305 g/mol. The van der Waals surface area contributed by atoms with Crippen LogP contribution in [0.3, 0.4) is 0 Å². The first-order valence-corrected chi connectivity index (χ1v) is 7.25. The molecule has 3 nitrogen and oxygen atoms in total. The van der Waals surface area contributed by atoms with Crippen LogP contribution in [0, 0.1) is 6.92 Å². The third-order valence-corrected chi connectivity index (χ3v) is 3.77. The molecule has 0 atom stereocenters. The molecule has 3 aromatic rings. The van der Waals surface area contributed by atoms with Crippen LogP contribution in [0.15, 0.2) is 36.4 Å². The molecule has 0 amide bonds. The zero-order valence-corrected chi connectivity index (χ0v) is 13.1. The van der Waals surface area contributed by atoms with Crippen molar-refractivity contribution >= 4 is 39.9 Å². The number of nitrogens with one attached hydrogen (secondary N) is 1. The summed E-state index contributed by atoms with van der Waals surface area (Å²) in [7, 11) is 1.81. The number of hydrogen-bond acceptors (Lipinski definition) is 3. The zero-order chi connectivity index (χ0) is 15.0. The van der Waals surface area contributed by atoms with Crippen molar-refractivity contribution in [3.8, 4) is 11.4 Å². The lowest BCUT2D eigenvalue weighted by molar-refractivity contribution is 1.21. The molecule has 0 saturated heterocycles. The Morgan fingerprint density at radius 3 is 2.38 bits per heavy atom. The third kappa shape index (κ3) is 2.67. The second-order valence-electron chi connectivity index (χ2n) is 4.80. The Hall–Kier alpha value is -1.84. The summed E-state index contributed by atoms with van der Waals surface area (Å²) in [6.45, 7) is 2.04. The summed E-state index contributed by atoms with van der Waals surface area (Å²) in [6, 6.07) is 11.6. The Balaban J connectivity index is 2.28. The van der Waals surface area contributed by atoms with Crippen molar-refractivity contribution in [3.63, 3.8) is 0 Å². The van der Waals surface area contributed by atoms with Crippen molar-refractivity contribution in [1.29, 1.82) is 0 Å². The van der Waals surface area contributed by atoms with Crippen LogP contribution in [0.1, 0.15) is 5.56 Å². The maximum atomic E-state index is 6.27. The SMILES string of the molecule is CNc1nc(-c2ccc(C)cc2)nc2c(Cl)cc(Cl)cc12. The van der Waals surface area contributed by atoms with E-state index in [1.165, 1.54) is 5.56 Å². The highest BCUT2D eigenvalue weighted by atomic mass is 35.5. The fraction of sp³-hybridized carbons (Fsp3) is 0.125. The molecule has 0 saturated carbocycles. The molecule has 3 rings (SSSR count).